The molecule has 1 unspecified atom stereocenters. The van der Waals surface area contributed by atoms with E-state index in [0.717, 1.165) is 37.1 Å². The van der Waals surface area contributed by atoms with Gasteiger partial charge in [0, 0.05) is 31.5 Å². The van der Waals surface area contributed by atoms with Crippen LogP contribution in [0.1, 0.15) is 36.5 Å². The van der Waals surface area contributed by atoms with E-state index in [0.29, 0.717) is 29.3 Å². The van der Waals surface area contributed by atoms with Gasteiger partial charge in [0.1, 0.15) is 17.7 Å². The smallest absolute Gasteiger partial charge is 0.320 e. The molecule has 5 N–H and O–H groups in total. The zero-order chi connectivity index (χ0) is 26.7. The van der Waals surface area contributed by atoms with Gasteiger partial charge in [-0.1, -0.05) is 30.4 Å². The first-order valence-corrected chi connectivity index (χ1v) is 13.6. The molecule has 2 aliphatic rings. The molecule has 0 amide bonds. The number of nitrogens with one attached hydrogen (secondary N) is 2. The quantitative estimate of drug-likeness (QED) is 0.304. The number of nitrogens with zero attached hydrogens (tertiary/aromatic N) is 2. The Morgan fingerprint density at radius 3 is 2.57 bits per heavy atom. The number of carboxylic acids is 1. The van der Waals surface area contributed by atoms with Gasteiger partial charge in [0.2, 0.25) is 10.0 Å². The molecule has 0 aliphatic carbocycles. The Kier molecular flexibility index (Phi) is 7.53. The first kappa shape index (κ1) is 26.2. The van der Waals surface area contributed by atoms with Crippen LogP contribution in [0.15, 0.2) is 48.5 Å². The number of ether oxygens (including phenoxy) is 1. The number of fused-ring (bicyclic) bond motifs is 1. The Labute approximate surface area is 216 Å². The van der Waals surface area contributed by atoms with Gasteiger partial charge < -0.3 is 20.5 Å². The molecule has 2 aromatic carbocycles. The molecule has 0 spiro atoms. The van der Waals surface area contributed by atoms with E-state index in [4.69, 9.17) is 21.3 Å². The van der Waals surface area contributed by atoms with Crippen LogP contribution in [-0.4, -0.2) is 67.1 Å². The summed E-state index contributed by atoms with van der Waals surface area (Å²) in [5.41, 5.74) is 8.07. The second-order valence-electron chi connectivity index (χ2n) is 9.30. The number of sulfonamides is 1. The van der Waals surface area contributed by atoms with Crippen LogP contribution in [0.4, 0.5) is 5.69 Å². The maximum absolute atomic E-state index is 13.1. The summed E-state index contributed by atoms with van der Waals surface area (Å²) >= 11 is 0. The fourth-order valence-electron chi connectivity index (χ4n) is 4.76. The van der Waals surface area contributed by atoms with E-state index < -0.39 is 27.8 Å². The van der Waals surface area contributed by atoms with E-state index in [1.165, 1.54) is 4.31 Å². The van der Waals surface area contributed by atoms with Crippen molar-refractivity contribution in [3.05, 3.63) is 65.2 Å². The van der Waals surface area contributed by atoms with Crippen molar-refractivity contribution >= 4 is 39.4 Å². The molecule has 0 saturated carbocycles. The topological polar surface area (TPSA) is 161 Å². The summed E-state index contributed by atoms with van der Waals surface area (Å²) < 4.78 is 33.5. The number of carboxylic acid groups (broad SMARTS) is 1. The van der Waals surface area contributed by atoms with Gasteiger partial charge in [0.05, 0.1) is 17.6 Å². The van der Waals surface area contributed by atoms with Crippen molar-refractivity contribution in [1.29, 1.82) is 10.8 Å². The number of piperidine rings is 1. The highest BCUT2D eigenvalue weighted by Crippen LogP contribution is 2.38. The molecule has 0 aromatic heterocycles. The molecule has 10 nitrogen and oxygen atoms in total. The predicted octanol–water partition coefficient (Wildman–Crippen LogP) is 2.67. The monoisotopic (exact) mass is 525 g/mol. The number of nitrogens with two attached hydrogens (primary N) is 1. The Hall–Kier alpha value is -3.86. The van der Waals surface area contributed by atoms with Crippen molar-refractivity contribution in [1.82, 2.24) is 4.90 Å². The number of carbonyl (C=O) groups is 1. The highest BCUT2D eigenvalue weighted by molar-refractivity contribution is 7.93. The molecular formula is C26H31N5O5S. The summed E-state index contributed by atoms with van der Waals surface area (Å²) in [5, 5.41) is 24.6. The third-order valence-electron chi connectivity index (χ3n) is 6.55. The predicted molar refractivity (Wildman–Crippen MR) is 143 cm³/mol. The molecule has 2 aromatic rings. The minimum atomic E-state index is -4.14. The standard InChI is InChI=1S/C26H31N5O5S/c1-17(27)30-11-9-22(10-12-30)36-23-7-8-24-20(15-23)14-21(31(24)37(34,35)16-25(32)33)6-5-18-3-2-4-19(13-18)26(28)29/h2-8,13,15,21-22,27H,9-12,14,16H2,1H3,(H3,28,29)(H,32,33). The third kappa shape index (κ3) is 6.11. The number of anilines is 1. The second-order valence-corrected chi connectivity index (χ2v) is 11.1. The van der Waals surface area contributed by atoms with Crippen molar-refractivity contribution in [2.75, 3.05) is 23.1 Å². The van der Waals surface area contributed by atoms with Crippen LogP contribution in [0, 0.1) is 10.8 Å². The number of rotatable bonds is 8. The summed E-state index contributed by atoms with van der Waals surface area (Å²) in [7, 11) is -4.14. The Bertz CT molecular complexity index is 1350. The zero-order valence-corrected chi connectivity index (χ0v) is 21.4. The maximum atomic E-state index is 13.1. The molecule has 196 valence electrons. The molecule has 2 aliphatic heterocycles. The minimum Gasteiger partial charge on any atom is -0.490 e. The Morgan fingerprint density at radius 1 is 1.19 bits per heavy atom. The van der Waals surface area contributed by atoms with E-state index in [9.17, 15) is 18.3 Å². The van der Waals surface area contributed by atoms with Crippen molar-refractivity contribution in [3.8, 4) is 5.75 Å². The lowest BCUT2D eigenvalue weighted by atomic mass is 10.1. The molecule has 0 bridgehead atoms. The number of benzene rings is 2. The second kappa shape index (κ2) is 10.6. The minimum absolute atomic E-state index is 0.00569. The number of likely N-dealkylation sites (tertiary alicyclic amines) is 1. The summed E-state index contributed by atoms with van der Waals surface area (Å²) in [5.74, 6) is -1.32. The molecular weight excluding hydrogens is 494 g/mol. The first-order valence-electron chi connectivity index (χ1n) is 12.0. The van der Waals surface area contributed by atoms with Crippen LogP contribution in [0.5, 0.6) is 5.75 Å². The summed E-state index contributed by atoms with van der Waals surface area (Å²) in [6.45, 7) is 3.28. The van der Waals surface area contributed by atoms with Crippen molar-refractivity contribution in [2.45, 2.75) is 38.3 Å². The van der Waals surface area contributed by atoms with Crippen molar-refractivity contribution in [3.63, 3.8) is 0 Å². The normalized spacial score (nSPS) is 18.1. The van der Waals surface area contributed by atoms with Gasteiger partial charge in [-0.2, -0.15) is 0 Å². The molecule has 1 fully saturated rings. The highest BCUT2D eigenvalue weighted by atomic mass is 32.2. The van der Waals surface area contributed by atoms with Gasteiger partial charge in [0.25, 0.3) is 0 Å². The summed E-state index contributed by atoms with van der Waals surface area (Å²) in [4.78, 5) is 13.3. The van der Waals surface area contributed by atoms with E-state index in [1.54, 1.807) is 49.4 Å². The number of amidine groups is 2. The van der Waals surface area contributed by atoms with Crippen LogP contribution < -0.4 is 14.8 Å². The van der Waals surface area contributed by atoms with Gasteiger partial charge in [-0.05, 0) is 48.7 Å². The van der Waals surface area contributed by atoms with Crippen molar-refractivity contribution < 1.29 is 23.1 Å². The number of hydrogen-bond donors (Lipinski definition) is 4. The maximum Gasteiger partial charge on any atom is 0.320 e. The number of nitrogen functional groups attached to an aromatic ring is 1. The van der Waals surface area contributed by atoms with E-state index in [1.807, 2.05) is 17.0 Å². The van der Waals surface area contributed by atoms with Gasteiger partial charge in [0.15, 0.2) is 5.75 Å². The fraction of sp³-hybridized carbons (Fsp3) is 0.346. The summed E-state index contributed by atoms with van der Waals surface area (Å²) in [6, 6.07) is 11.6. The number of hydrogen-bond acceptors (Lipinski definition) is 6. The van der Waals surface area contributed by atoms with Gasteiger partial charge in [-0.15, -0.1) is 0 Å². The van der Waals surface area contributed by atoms with Crippen LogP contribution >= 0.6 is 0 Å². The SMILES string of the molecule is CC(=N)N1CCC(Oc2ccc3c(c2)CC(C=Cc2cccc(C(=N)N)c2)N3S(=O)(=O)CC(=O)O)CC1. The Balaban J connectivity index is 1.58. The van der Waals surface area contributed by atoms with Crippen molar-refractivity contribution in [2.24, 2.45) is 5.73 Å². The van der Waals surface area contributed by atoms with Gasteiger partial charge in [-0.3, -0.25) is 19.9 Å². The van der Waals surface area contributed by atoms with Crippen LogP contribution in [0.2, 0.25) is 0 Å². The average molecular weight is 526 g/mol. The average Bonchev–Trinajstić information content (AvgIpc) is 3.21. The highest BCUT2D eigenvalue weighted by Gasteiger charge is 2.37. The van der Waals surface area contributed by atoms with E-state index in [2.05, 4.69) is 0 Å². The van der Waals surface area contributed by atoms with E-state index >= 15 is 0 Å². The Morgan fingerprint density at radius 2 is 1.92 bits per heavy atom. The van der Waals surface area contributed by atoms with E-state index in [-0.39, 0.29) is 11.9 Å². The fourth-order valence-corrected chi connectivity index (χ4v) is 6.25. The molecule has 2 heterocycles. The summed E-state index contributed by atoms with van der Waals surface area (Å²) in [6.07, 6.45) is 5.43. The zero-order valence-electron chi connectivity index (χ0n) is 20.6. The first-order chi connectivity index (χ1) is 17.5. The molecule has 4 rings (SSSR count). The van der Waals surface area contributed by atoms with Crippen LogP contribution in [0.25, 0.3) is 6.08 Å². The van der Waals surface area contributed by atoms with Gasteiger partial charge in [-0.25, -0.2) is 8.42 Å². The van der Waals surface area contributed by atoms with Crippen LogP contribution in [0.3, 0.4) is 0 Å². The van der Waals surface area contributed by atoms with Crippen LogP contribution in [-0.2, 0) is 21.2 Å². The third-order valence-corrected chi connectivity index (χ3v) is 8.23. The largest absolute Gasteiger partial charge is 0.490 e. The molecule has 0 radical (unpaired) electrons. The molecule has 37 heavy (non-hydrogen) atoms. The molecule has 1 saturated heterocycles. The lowest BCUT2D eigenvalue weighted by Crippen LogP contribution is -2.40. The lowest BCUT2D eigenvalue weighted by molar-refractivity contribution is -0.134. The molecule has 11 heteroatoms. The molecule has 1 atom stereocenters. The van der Waals surface area contributed by atoms with Gasteiger partial charge >= 0.3 is 5.97 Å². The lowest BCUT2D eigenvalue weighted by Gasteiger charge is -2.32. The number of aliphatic carboxylic acids is 1.